The normalized spacial score (nSPS) is 10.9. The summed E-state index contributed by atoms with van der Waals surface area (Å²) < 4.78 is 0. The largest absolute Gasteiger partial charge is 0.342 e. The quantitative estimate of drug-likeness (QED) is 0.738. The zero-order chi connectivity index (χ0) is 17.4. The summed E-state index contributed by atoms with van der Waals surface area (Å²) in [6, 6.07) is 10.1. The predicted molar refractivity (Wildman–Crippen MR) is 93.8 cm³/mol. The molecule has 0 saturated carbocycles. The molecule has 128 valence electrons. The highest BCUT2D eigenvalue weighted by Gasteiger charge is 2.19. The number of carbonyl (C=O) groups is 2. The lowest BCUT2D eigenvalue weighted by Crippen LogP contribution is -2.40. The van der Waals surface area contributed by atoms with Gasteiger partial charge in [-0.15, -0.1) is 0 Å². The minimum absolute atomic E-state index is 0.0330. The van der Waals surface area contributed by atoms with Crippen LogP contribution in [0.1, 0.15) is 46.6 Å². The van der Waals surface area contributed by atoms with E-state index in [9.17, 15) is 9.59 Å². The number of hydrogen-bond acceptors (Lipinski definition) is 2. The van der Waals surface area contributed by atoms with Crippen LogP contribution in [0.3, 0.4) is 0 Å². The Kier molecular flexibility index (Phi) is 7.79. The molecule has 0 atom stereocenters. The standard InChI is InChI=1S/C19H30N2O2/c1-15(2)13-20(17(5)22)12-11-19(23)21(16(3)4)14-18-9-7-6-8-10-18/h6-10,15-16H,11-14H2,1-5H3. The molecule has 0 aromatic heterocycles. The molecule has 0 aliphatic carbocycles. The molecule has 0 N–H and O–H groups in total. The van der Waals surface area contributed by atoms with Crippen molar-refractivity contribution in [1.82, 2.24) is 9.80 Å². The first-order valence-corrected chi connectivity index (χ1v) is 8.40. The Morgan fingerprint density at radius 1 is 1.04 bits per heavy atom. The average Bonchev–Trinajstić information content (AvgIpc) is 2.48. The van der Waals surface area contributed by atoms with Crippen LogP contribution < -0.4 is 0 Å². The van der Waals surface area contributed by atoms with Crippen LogP contribution in [0.5, 0.6) is 0 Å². The first-order valence-electron chi connectivity index (χ1n) is 8.40. The van der Waals surface area contributed by atoms with E-state index in [-0.39, 0.29) is 17.9 Å². The fraction of sp³-hybridized carbons (Fsp3) is 0.579. The van der Waals surface area contributed by atoms with Gasteiger partial charge in [-0.2, -0.15) is 0 Å². The minimum atomic E-state index is 0.0330. The Balaban J connectivity index is 2.65. The summed E-state index contributed by atoms with van der Waals surface area (Å²) in [5.41, 5.74) is 1.13. The van der Waals surface area contributed by atoms with E-state index < -0.39 is 0 Å². The molecule has 2 amide bonds. The molecule has 4 heteroatoms. The third-order valence-corrected chi connectivity index (χ3v) is 3.77. The van der Waals surface area contributed by atoms with Crippen LogP contribution >= 0.6 is 0 Å². The molecule has 0 heterocycles. The van der Waals surface area contributed by atoms with Gasteiger partial charge in [0.2, 0.25) is 11.8 Å². The van der Waals surface area contributed by atoms with Gasteiger partial charge in [-0.3, -0.25) is 9.59 Å². The molecule has 0 aliphatic rings. The monoisotopic (exact) mass is 318 g/mol. The highest BCUT2D eigenvalue weighted by atomic mass is 16.2. The molecule has 1 aromatic rings. The van der Waals surface area contributed by atoms with Gasteiger partial charge in [-0.25, -0.2) is 0 Å². The van der Waals surface area contributed by atoms with Crippen molar-refractivity contribution >= 4 is 11.8 Å². The third-order valence-electron chi connectivity index (χ3n) is 3.77. The average molecular weight is 318 g/mol. The van der Waals surface area contributed by atoms with Crippen LogP contribution in [0, 0.1) is 5.92 Å². The Hall–Kier alpha value is -1.84. The van der Waals surface area contributed by atoms with E-state index in [2.05, 4.69) is 13.8 Å². The van der Waals surface area contributed by atoms with Gasteiger partial charge in [-0.1, -0.05) is 44.2 Å². The van der Waals surface area contributed by atoms with Crippen molar-refractivity contribution in [2.75, 3.05) is 13.1 Å². The number of hydrogen-bond donors (Lipinski definition) is 0. The molecule has 1 aromatic carbocycles. The summed E-state index contributed by atoms with van der Waals surface area (Å²) in [6.07, 6.45) is 0.372. The predicted octanol–water partition coefficient (Wildman–Crippen LogP) is 3.32. The Morgan fingerprint density at radius 2 is 1.65 bits per heavy atom. The summed E-state index contributed by atoms with van der Waals surface area (Å²) in [4.78, 5) is 27.9. The fourth-order valence-corrected chi connectivity index (χ4v) is 2.53. The molecule has 0 saturated heterocycles. The first kappa shape index (κ1) is 19.2. The van der Waals surface area contributed by atoms with Gasteiger partial charge >= 0.3 is 0 Å². The van der Waals surface area contributed by atoms with E-state index in [1.54, 1.807) is 11.8 Å². The van der Waals surface area contributed by atoms with Gasteiger partial charge in [0.1, 0.15) is 0 Å². The van der Waals surface area contributed by atoms with E-state index in [1.165, 1.54) is 0 Å². The minimum Gasteiger partial charge on any atom is -0.342 e. The summed E-state index contributed by atoms with van der Waals surface area (Å²) in [6.45, 7) is 11.6. The van der Waals surface area contributed by atoms with E-state index >= 15 is 0 Å². The van der Waals surface area contributed by atoms with E-state index in [0.717, 1.165) is 5.56 Å². The van der Waals surface area contributed by atoms with E-state index in [0.29, 0.717) is 32.0 Å². The van der Waals surface area contributed by atoms with Gasteiger partial charge < -0.3 is 9.80 Å². The maximum atomic E-state index is 12.6. The fourth-order valence-electron chi connectivity index (χ4n) is 2.53. The second-order valence-corrected chi connectivity index (χ2v) is 6.71. The third kappa shape index (κ3) is 6.85. The molecule has 0 radical (unpaired) electrons. The van der Waals surface area contributed by atoms with Gasteiger partial charge in [0.15, 0.2) is 0 Å². The highest BCUT2D eigenvalue weighted by Crippen LogP contribution is 2.11. The zero-order valence-electron chi connectivity index (χ0n) is 15.1. The van der Waals surface area contributed by atoms with Crippen molar-refractivity contribution < 1.29 is 9.59 Å². The molecule has 0 aliphatic heterocycles. The molecule has 23 heavy (non-hydrogen) atoms. The molecule has 0 spiro atoms. The summed E-state index contributed by atoms with van der Waals surface area (Å²) in [7, 11) is 0. The molecular formula is C19H30N2O2. The van der Waals surface area contributed by atoms with Crippen LogP contribution in [0.25, 0.3) is 0 Å². The van der Waals surface area contributed by atoms with Gasteiger partial charge in [0.25, 0.3) is 0 Å². The molecule has 0 fully saturated rings. The number of nitrogens with zero attached hydrogens (tertiary/aromatic N) is 2. The van der Waals surface area contributed by atoms with Crippen LogP contribution in [0.4, 0.5) is 0 Å². The van der Waals surface area contributed by atoms with Crippen LogP contribution in [-0.4, -0.2) is 40.7 Å². The first-order chi connectivity index (χ1) is 10.8. The van der Waals surface area contributed by atoms with Crippen LogP contribution in [0.2, 0.25) is 0 Å². The van der Waals surface area contributed by atoms with Crippen molar-refractivity contribution in [2.24, 2.45) is 5.92 Å². The SMILES string of the molecule is CC(=O)N(CCC(=O)N(Cc1ccccc1)C(C)C)CC(C)C. The second kappa shape index (κ2) is 9.33. The van der Waals surface area contributed by atoms with Crippen LogP contribution in [0.15, 0.2) is 30.3 Å². The Labute approximate surface area is 140 Å². The number of carbonyl (C=O) groups excluding carboxylic acids is 2. The molecule has 0 bridgehead atoms. The molecule has 1 rings (SSSR count). The van der Waals surface area contributed by atoms with E-state index in [4.69, 9.17) is 0 Å². The van der Waals surface area contributed by atoms with Gasteiger partial charge in [0, 0.05) is 39.0 Å². The smallest absolute Gasteiger partial charge is 0.224 e. The molecule has 0 unspecified atom stereocenters. The second-order valence-electron chi connectivity index (χ2n) is 6.71. The Bertz CT molecular complexity index is 497. The summed E-state index contributed by atoms with van der Waals surface area (Å²) in [5, 5.41) is 0. The lowest BCUT2D eigenvalue weighted by Gasteiger charge is -2.29. The number of benzene rings is 1. The summed E-state index contributed by atoms with van der Waals surface area (Å²) >= 11 is 0. The zero-order valence-corrected chi connectivity index (χ0v) is 15.1. The molecule has 4 nitrogen and oxygen atoms in total. The topological polar surface area (TPSA) is 40.6 Å². The van der Waals surface area contributed by atoms with E-state index in [1.807, 2.05) is 49.1 Å². The van der Waals surface area contributed by atoms with Crippen molar-refractivity contribution in [3.8, 4) is 0 Å². The van der Waals surface area contributed by atoms with Crippen molar-refractivity contribution in [3.63, 3.8) is 0 Å². The number of rotatable bonds is 8. The number of amides is 2. The summed E-state index contributed by atoms with van der Waals surface area (Å²) in [5.74, 6) is 0.532. The van der Waals surface area contributed by atoms with Crippen molar-refractivity contribution in [1.29, 1.82) is 0 Å². The van der Waals surface area contributed by atoms with Gasteiger partial charge in [-0.05, 0) is 25.3 Å². The Morgan fingerprint density at radius 3 is 2.13 bits per heavy atom. The van der Waals surface area contributed by atoms with Gasteiger partial charge in [0.05, 0.1) is 0 Å². The lowest BCUT2D eigenvalue weighted by molar-refractivity contribution is -0.135. The van der Waals surface area contributed by atoms with Crippen molar-refractivity contribution in [2.45, 2.75) is 53.6 Å². The maximum Gasteiger partial charge on any atom is 0.224 e. The van der Waals surface area contributed by atoms with Crippen molar-refractivity contribution in [3.05, 3.63) is 35.9 Å². The maximum absolute atomic E-state index is 12.6. The van der Waals surface area contributed by atoms with Crippen LogP contribution in [-0.2, 0) is 16.1 Å². The lowest BCUT2D eigenvalue weighted by atomic mass is 10.1. The highest BCUT2D eigenvalue weighted by molar-refractivity contribution is 5.78. The molecular weight excluding hydrogens is 288 g/mol.